The summed E-state index contributed by atoms with van der Waals surface area (Å²) < 4.78 is 40.8. The molecule has 0 saturated carbocycles. The number of hydrogen-bond acceptors (Lipinski definition) is 3. The SMILES string of the molecule is COC(=O)/C(=C/c1ccccc1)CSC(F)(F)F. The van der Waals surface area contributed by atoms with Crippen molar-refractivity contribution < 1.29 is 22.7 Å². The van der Waals surface area contributed by atoms with E-state index in [9.17, 15) is 18.0 Å². The minimum atomic E-state index is -4.37. The topological polar surface area (TPSA) is 26.3 Å². The van der Waals surface area contributed by atoms with Gasteiger partial charge in [-0.15, -0.1) is 0 Å². The second kappa shape index (κ2) is 6.49. The molecule has 18 heavy (non-hydrogen) atoms. The molecule has 0 amide bonds. The molecule has 1 aromatic carbocycles. The van der Waals surface area contributed by atoms with Crippen LogP contribution in [-0.2, 0) is 9.53 Å². The van der Waals surface area contributed by atoms with Gasteiger partial charge in [0.2, 0.25) is 0 Å². The summed E-state index contributed by atoms with van der Waals surface area (Å²) >= 11 is -0.264. The maximum atomic E-state index is 12.1. The first-order chi connectivity index (χ1) is 8.42. The highest BCUT2D eigenvalue weighted by Gasteiger charge is 2.29. The predicted octanol–water partition coefficient (Wildman–Crippen LogP) is 3.50. The molecule has 0 aliphatic rings. The van der Waals surface area contributed by atoms with Gasteiger partial charge < -0.3 is 4.74 Å². The number of alkyl halides is 3. The van der Waals surface area contributed by atoms with Crippen molar-refractivity contribution in [2.45, 2.75) is 5.51 Å². The summed E-state index contributed by atoms with van der Waals surface area (Å²) in [5.41, 5.74) is -3.74. The number of thioether (sulfide) groups is 1. The van der Waals surface area contributed by atoms with Crippen LogP contribution >= 0.6 is 11.8 Å². The Hall–Kier alpha value is -1.43. The Morgan fingerprint density at radius 3 is 2.44 bits per heavy atom. The van der Waals surface area contributed by atoms with Gasteiger partial charge in [-0.2, -0.15) is 13.2 Å². The largest absolute Gasteiger partial charge is 0.466 e. The molecule has 0 fully saturated rings. The number of ether oxygens (including phenoxy) is 1. The summed E-state index contributed by atoms with van der Waals surface area (Å²) in [6.07, 6.45) is 1.39. The predicted molar refractivity (Wildman–Crippen MR) is 64.9 cm³/mol. The zero-order valence-corrected chi connectivity index (χ0v) is 10.3. The van der Waals surface area contributed by atoms with Crippen molar-refractivity contribution in [2.75, 3.05) is 12.9 Å². The van der Waals surface area contributed by atoms with Crippen LogP contribution in [0, 0.1) is 0 Å². The molecule has 2 nitrogen and oxygen atoms in total. The zero-order valence-electron chi connectivity index (χ0n) is 9.53. The third kappa shape index (κ3) is 5.27. The summed E-state index contributed by atoms with van der Waals surface area (Å²) in [5.74, 6) is -1.22. The zero-order chi connectivity index (χ0) is 13.6. The lowest BCUT2D eigenvalue weighted by atomic mass is 10.1. The molecule has 0 bridgehead atoms. The molecule has 0 spiro atoms. The number of carbonyl (C=O) groups excluding carboxylic acids is 1. The minimum absolute atomic E-state index is 0.0222. The summed E-state index contributed by atoms with van der Waals surface area (Å²) in [6, 6.07) is 8.64. The third-order valence-corrected chi connectivity index (χ3v) is 2.76. The highest BCUT2D eigenvalue weighted by atomic mass is 32.2. The lowest BCUT2D eigenvalue weighted by Crippen LogP contribution is -2.10. The molecule has 0 aliphatic carbocycles. The van der Waals surface area contributed by atoms with Crippen LogP contribution in [0.25, 0.3) is 6.08 Å². The van der Waals surface area contributed by atoms with E-state index in [1.54, 1.807) is 30.3 Å². The molecular weight excluding hydrogens is 265 g/mol. The Morgan fingerprint density at radius 2 is 1.94 bits per heavy atom. The second-order valence-corrected chi connectivity index (χ2v) is 4.35. The molecule has 1 aromatic rings. The first kappa shape index (κ1) is 14.6. The average molecular weight is 276 g/mol. The number of halogens is 3. The monoisotopic (exact) mass is 276 g/mol. The summed E-state index contributed by atoms with van der Waals surface area (Å²) in [4.78, 5) is 11.4. The molecule has 0 heterocycles. The van der Waals surface area contributed by atoms with Crippen LogP contribution in [0.15, 0.2) is 35.9 Å². The van der Waals surface area contributed by atoms with E-state index in [1.807, 2.05) is 0 Å². The normalized spacial score (nSPS) is 12.3. The summed E-state index contributed by atoms with van der Waals surface area (Å²) in [5, 5.41) is 0. The molecule has 98 valence electrons. The number of benzene rings is 1. The first-order valence-electron chi connectivity index (χ1n) is 4.97. The highest BCUT2D eigenvalue weighted by molar-refractivity contribution is 8.00. The van der Waals surface area contributed by atoms with Crippen molar-refractivity contribution in [3.05, 3.63) is 41.5 Å². The Labute approximate surface area is 107 Å². The lowest BCUT2D eigenvalue weighted by Gasteiger charge is -2.08. The van der Waals surface area contributed by atoms with Crippen molar-refractivity contribution in [3.63, 3.8) is 0 Å². The van der Waals surface area contributed by atoms with Gasteiger partial charge in [-0.1, -0.05) is 30.3 Å². The van der Waals surface area contributed by atoms with Gasteiger partial charge >= 0.3 is 11.5 Å². The van der Waals surface area contributed by atoms with E-state index < -0.39 is 17.2 Å². The fraction of sp³-hybridized carbons (Fsp3) is 0.250. The van der Waals surface area contributed by atoms with Gasteiger partial charge in [-0.25, -0.2) is 4.79 Å². The standard InChI is InChI=1S/C12H11F3O2S/c1-17-11(16)10(8-18-12(13,14)15)7-9-5-3-2-4-6-9/h2-7H,8H2,1H3/b10-7+. The van der Waals surface area contributed by atoms with Gasteiger partial charge in [0.25, 0.3) is 0 Å². The van der Waals surface area contributed by atoms with Crippen LogP contribution in [0.2, 0.25) is 0 Å². The maximum absolute atomic E-state index is 12.1. The molecule has 0 N–H and O–H groups in total. The molecule has 0 aliphatic heterocycles. The van der Waals surface area contributed by atoms with Crippen LogP contribution in [0.5, 0.6) is 0 Å². The van der Waals surface area contributed by atoms with Gasteiger partial charge in [0.15, 0.2) is 0 Å². The van der Waals surface area contributed by atoms with Gasteiger partial charge in [-0.05, 0) is 23.4 Å². The molecule has 0 unspecified atom stereocenters. The van der Waals surface area contributed by atoms with Crippen molar-refractivity contribution >= 4 is 23.8 Å². The number of carbonyl (C=O) groups is 1. The van der Waals surface area contributed by atoms with Gasteiger partial charge in [-0.3, -0.25) is 0 Å². The molecule has 0 radical (unpaired) electrons. The number of rotatable bonds is 4. The first-order valence-corrected chi connectivity index (χ1v) is 5.95. The van der Waals surface area contributed by atoms with Crippen LogP contribution in [-0.4, -0.2) is 24.3 Å². The van der Waals surface area contributed by atoms with Crippen LogP contribution in [0.4, 0.5) is 13.2 Å². The van der Waals surface area contributed by atoms with E-state index in [2.05, 4.69) is 4.74 Å². The molecule has 0 saturated heterocycles. The van der Waals surface area contributed by atoms with Crippen LogP contribution in [0.3, 0.4) is 0 Å². The van der Waals surface area contributed by atoms with E-state index in [1.165, 1.54) is 6.08 Å². The molecule has 6 heteroatoms. The van der Waals surface area contributed by atoms with Gasteiger partial charge in [0, 0.05) is 11.3 Å². The van der Waals surface area contributed by atoms with E-state index in [4.69, 9.17) is 0 Å². The molecular formula is C12H11F3O2S. The summed E-state index contributed by atoms with van der Waals surface area (Å²) in [6.45, 7) is 0. The Kier molecular flexibility index (Phi) is 5.27. The van der Waals surface area contributed by atoms with E-state index in [0.29, 0.717) is 5.56 Å². The summed E-state index contributed by atoms with van der Waals surface area (Å²) in [7, 11) is 1.14. The Morgan fingerprint density at radius 1 is 1.33 bits per heavy atom. The maximum Gasteiger partial charge on any atom is 0.442 e. The van der Waals surface area contributed by atoms with Gasteiger partial charge in [0.05, 0.1) is 7.11 Å². The Bertz CT molecular complexity index is 427. The van der Waals surface area contributed by atoms with Crippen molar-refractivity contribution in [3.8, 4) is 0 Å². The van der Waals surface area contributed by atoms with Gasteiger partial charge in [0.1, 0.15) is 0 Å². The second-order valence-electron chi connectivity index (χ2n) is 3.31. The van der Waals surface area contributed by atoms with Crippen molar-refractivity contribution in [1.82, 2.24) is 0 Å². The van der Waals surface area contributed by atoms with Crippen molar-refractivity contribution in [2.24, 2.45) is 0 Å². The van der Waals surface area contributed by atoms with Crippen LogP contribution < -0.4 is 0 Å². The van der Waals surface area contributed by atoms with Crippen molar-refractivity contribution in [1.29, 1.82) is 0 Å². The minimum Gasteiger partial charge on any atom is -0.466 e. The van der Waals surface area contributed by atoms with E-state index in [0.717, 1.165) is 7.11 Å². The van der Waals surface area contributed by atoms with E-state index >= 15 is 0 Å². The fourth-order valence-electron chi connectivity index (χ4n) is 1.20. The number of hydrogen-bond donors (Lipinski definition) is 0. The lowest BCUT2D eigenvalue weighted by molar-refractivity contribution is -0.135. The molecule has 0 aromatic heterocycles. The number of methoxy groups -OCH3 is 1. The van der Waals surface area contributed by atoms with E-state index in [-0.39, 0.29) is 17.3 Å². The fourth-order valence-corrected chi connectivity index (χ4v) is 1.72. The Balaban J connectivity index is 2.85. The number of esters is 1. The molecule has 0 atom stereocenters. The highest BCUT2D eigenvalue weighted by Crippen LogP contribution is 2.32. The van der Waals surface area contributed by atoms with Crippen LogP contribution in [0.1, 0.15) is 5.56 Å². The smallest absolute Gasteiger partial charge is 0.442 e. The average Bonchev–Trinajstić information content (AvgIpc) is 2.33. The third-order valence-electron chi connectivity index (χ3n) is 1.98. The quantitative estimate of drug-likeness (QED) is 0.622. The molecule has 1 rings (SSSR count).